The van der Waals surface area contributed by atoms with E-state index in [1.807, 2.05) is 0 Å². The van der Waals surface area contributed by atoms with Crippen LogP contribution in [-0.4, -0.2) is 0 Å². The van der Waals surface area contributed by atoms with Crippen LogP contribution in [0.15, 0.2) is 239 Å². The molecule has 74 heavy (non-hydrogen) atoms. The average Bonchev–Trinajstić information content (AvgIpc) is 4.04. The predicted octanol–water partition coefficient (Wildman–Crippen LogP) is 20.9. The zero-order chi connectivity index (χ0) is 49.6. The molecule has 4 heteroatoms. The molecule has 0 fully saturated rings. The number of fused-ring (bicyclic) bond motifs is 6. The second-order valence-corrected chi connectivity index (χ2v) is 20.4. The van der Waals surface area contributed by atoms with Crippen molar-refractivity contribution in [3.05, 3.63) is 242 Å². The zero-order valence-corrected chi connectivity index (χ0v) is 41.8. The monoisotopic (exact) mass is 952 g/mol. The van der Waals surface area contributed by atoms with Crippen LogP contribution in [0.25, 0.3) is 98.4 Å². The zero-order valence-electron chi connectivity index (χ0n) is 41.8. The summed E-state index contributed by atoms with van der Waals surface area (Å²) in [5.41, 5.74) is 17.0. The summed E-state index contributed by atoms with van der Waals surface area (Å²) in [6.45, 7) is 9.15. The van der Waals surface area contributed by atoms with E-state index in [2.05, 4.69) is 268 Å². The van der Waals surface area contributed by atoms with Crippen molar-refractivity contribution in [2.75, 3.05) is 9.80 Å². The second-order valence-electron chi connectivity index (χ2n) is 20.4. The topological polar surface area (TPSA) is 32.8 Å². The minimum Gasteiger partial charge on any atom is -0.454 e. The highest BCUT2D eigenvalue weighted by Gasteiger charge is 2.29. The highest BCUT2D eigenvalue weighted by atomic mass is 16.3. The Morgan fingerprint density at radius 3 is 1.12 bits per heavy atom. The summed E-state index contributed by atoms with van der Waals surface area (Å²) in [6, 6.07) is 83.9. The van der Waals surface area contributed by atoms with Crippen LogP contribution in [0.5, 0.6) is 0 Å². The molecule has 4 nitrogen and oxygen atoms in total. The van der Waals surface area contributed by atoms with Gasteiger partial charge in [-0.3, -0.25) is 0 Å². The molecule has 14 rings (SSSR count). The third-order valence-electron chi connectivity index (χ3n) is 15.3. The largest absolute Gasteiger partial charge is 0.454 e. The van der Waals surface area contributed by atoms with Gasteiger partial charge in [-0.2, -0.15) is 0 Å². The Morgan fingerprint density at radius 1 is 0.311 bits per heavy atom. The lowest BCUT2D eigenvalue weighted by molar-refractivity contribution is 0.667. The standard InChI is InChI=1S/C70H52N2O2/c1-43(2)53-35-37-57-55-25-11-13-27-63(55)73-69(57)67(53)71(51-23-15-21-49(41-51)45-17-7-5-8-18-45)61-39-31-47-30-34-60-62(40-32-48-29-33-59(61)65(47)66(48)60)72(52-24-16-22-50(42-52)46-19-9-6-10-20-46)68-54(44(3)4)36-38-58-56-26-12-14-28-64(56)74-70(58)68/h5-44H,1-4H3. The third-order valence-corrected chi connectivity index (χ3v) is 15.3. The second kappa shape index (κ2) is 17.3. The first-order valence-corrected chi connectivity index (χ1v) is 25.9. The van der Waals surface area contributed by atoms with E-state index in [0.29, 0.717) is 0 Å². The first kappa shape index (κ1) is 43.7. The molecular weight excluding hydrogens is 901 g/mol. The number of rotatable bonds is 10. The molecule has 0 atom stereocenters. The molecular formula is C70H52N2O2. The van der Waals surface area contributed by atoms with E-state index in [1.165, 1.54) is 43.8 Å². The summed E-state index contributed by atoms with van der Waals surface area (Å²) in [6.07, 6.45) is 0. The van der Waals surface area contributed by atoms with E-state index in [4.69, 9.17) is 8.83 Å². The molecule has 0 spiro atoms. The Bertz CT molecular complexity index is 4160. The predicted molar refractivity (Wildman–Crippen MR) is 313 cm³/mol. The van der Waals surface area contributed by atoms with Gasteiger partial charge in [-0.05, 0) is 115 Å². The maximum Gasteiger partial charge on any atom is 0.159 e. The van der Waals surface area contributed by atoms with Crippen LogP contribution in [0.4, 0.5) is 34.1 Å². The molecule has 0 aliphatic carbocycles. The summed E-state index contributed by atoms with van der Waals surface area (Å²) in [5.74, 6) is 0.395. The smallest absolute Gasteiger partial charge is 0.159 e. The number of anilines is 6. The van der Waals surface area contributed by atoms with Gasteiger partial charge in [0.05, 0.1) is 22.7 Å². The van der Waals surface area contributed by atoms with E-state index < -0.39 is 0 Å². The number of hydrogen-bond acceptors (Lipinski definition) is 4. The van der Waals surface area contributed by atoms with Gasteiger partial charge in [0.1, 0.15) is 11.2 Å². The highest BCUT2D eigenvalue weighted by molar-refractivity contribution is 6.29. The minimum absolute atomic E-state index is 0.197. The molecule has 0 bridgehead atoms. The van der Waals surface area contributed by atoms with Gasteiger partial charge in [-0.15, -0.1) is 0 Å². The molecule has 0 aliphatic rings. The lowest BCUT2D eigenvalue weighted by Crippen LogP contribution is -2.14. The molecule has 0 amide bonds. The van der Waals surface area contributed by atoms with Gasteiger partial charge in [0.15, 0.2) is 11.2 Å². The lowest BCUT2D eigenvalue weighted by Gasteiger charge is -2.32. The van der Waals surface area contributed by atoms with Crippen molar-refractivity contribution in [2.24, 2.45) is 0 Å². The normalized spacial score (nSPS) is 12.0. The number of benzene rings is 12. The number of hydrogen-bond donors (Lipinski definition) is 0. The average molecular weight is 953 g/mol. The third kappa shape index (κ3) is 6.89. The Kier molecular flexibility index (Phi) is 10.2. The molecule has 0 N–H and O–H groups in total. The van der Waals surface area contributed by atoms with Crippen molar-refractivity contribution in [1.29, 1.82) is 0 Å². The van der Waals surface area contributed by atoms with Crippen molar-refractivity contribution >= 4 is 110 Å². The van der Waals surface area contributed by atoms with E-state index in [1.54, 1.807) is 0 Å². The Hall–Kier alpha value is -9.12. The van der Waals surface area contributed by atoms with Crippen LogP contribution in [-0.2, 0) is 0 Å². The van der Waals surface area contributed by atoms with Crippen molar-refractivity contribution < 1.29 is 8.83 Å². The summed E-state index contributed by atoms with van der Waals surface area (Å²) < 4.78 is 14.0. The van der Waals surface area contributed by atoms with E-state index in [9.17, 15) is 0 Å². The molecule has 354 valence electrons. The van der Waals surface area contributed by atoms with Gasteiger partial charge in [0.25, 0.3) is 0 Å². The van der Waals surface area contributed by atoms with Crippen LogP contribution in [0.1, 0.15) is 50.7 Å². The van der Waals surface area contributed by atoms with Crippen LogP contribution in [0, 0.1) is 0 Å². The van der Waals surface area contributed by atoms with E-state index in [0.717, 1.165) is 99.9 Å². The molecule has 12 aromatic carbocycles. The SMILES string of the molecule is CC(C)c1ccc2c(oc3ccccc32)c1N(c1cccc(-c2ccccc2)c1)c1ccc2ccc3c(N(c4cccc(-c5ccccc5)c4)c4c(C(C)C)ccc5c4oc4ccccc45)ccc4ccc1c2c43. The fraction of sp³-hybridized carbons (Fsp3) is 0.0857. The molecule has 2 heterocycles. The van der Waals surface area contributed by atoms with Gasteiger partial charge in [-0.1, -0.05) is 210 Å². The van der Waals surface area contributed by atoms with Crippen LogP contribution in [0.2, 0.25) is 0 Å². The van der Waals surface area contributed by atoms with Gasteiger partial charge >= 0.3 is 0 Å². The van der Waals surface area contributed by atoms with Crippen LogP contribution < -0.4 is 9.80 Å². The van der Waals surface area contributed by atoms with Gasteiger partial charge < -0.3 is 18.6 Å². The highest BCUT2D eigenvalue weighted by Crippen LogP contribution is 2.53. The fourth-order valence-electron chi connectivity index (χ4n) is 11.8. The van der Waals surface area contributed by atoms with Gasteiger partial charge in [-0.25, -0.2) is 0 Å². The quantitative estimate of drug-likeness (QED) is 0.128. The summed E-state index contributed by atoms with van der Waals surface area (Å²) in [4.78, 5) is 4.97. The lowest BCUT2D eigenvalue weighted by atomic mass is 9.90. The van der Waals surface area contributed by atoms with Gasteiger partial charge in [0, 0.05) is 43.7 Å². The number of nitrogens with zero attached hydrogens (tertiary/aromatic N) is 2. The van der Waals surface area contributed by atoms with E-state index >= 15 is 0 Å². The first-order chi connectivity index (χ1) is 36.4. The summed E-state index contributed by atoms with van der Waals surface area (Å²) in [7, 11) is 0. The van der Waals surface area contributed by atoms with Crippen LogP contribution >= 0.6 is 0 Å². The van der Waals surface area contributed by atoms with Crippen molar-refractivity contribution in [3.8, 4) is 22.3 Å². The van der Waals surface area contributed by atoms with Crippen molar-refractivity contribution in [2.45, 2.75) is 39.5 Å². The minimum atomic E-state index is 0.197. The molecule has 2 aromatic heterocycles. The van der Waals surface area contributed by atoms with Gasteiger partial charge in [0.2, 0.25) is 0 Å². The molecule has 0 aliphatic heterocycles. The summed E-state index contributed by atoms with van der Waals surface area (Å²) >= 11 is 0. The molecule has 0 saturated heterocycles. The first-order valence-electron chi connectivity index (χ1n) is 25.9. The van der Waals surface area contributed by atoms with E-state index in [-0.39, 0.29) is 11.8 Å². The van der Waals surface area contributed by atoms with Crippen molar-refractivity contribution in [1.82, 2.24) is 0 Å². The number of furan rings is 2. The van der Waals surface area contributed by atoms with Crippen LogP contribution in [0.3, 0.4) is 0 Å². The molecule has 14 aromatic rings. The Balaban J connectivity index is 1.07. The number of para-hydroxylation sites is 2. The molecule has 0 saturated carbocycles. The maximum atomic E-state index is 7.02. The Morgan fingerprint density at radius 2 is 0.689 bits per heavy atom. The summed E-state index contributed by atoms with van der Waals surface area (Å²) in [5, 5.41) is 11.5. The maximum absolute atomic E-state index is 7.02. The van der Waals surface area contributed by atoms with Crippen molar-refractivity contribution in [3.63, 3.8) is 0 Å². The fourth-order valence-corrected chi connectivity index (χ4v) is 11.8. The Labute approximate surface area is 430 Å². The molecule has 0 unspecified atom stereocenters. The molecule has 0 radical (unpaired) electrons.